The van der Waals surface area contributed by atoms with Gasteiger partial charge in [-0.15, -0.1) is 0 Å². The molecular weight excluding hydrogens is 224 g/mol. The first-order valence-electron chi connectivity index (χ1n) is 5.13. The summed E-state index contributed by atoms with van der Waals surface area (Å²) in [6.45, 7) is 1.94. The van der Waals surface area contributed by atoms with Crippen molar-refractivity contribution in [1.82, 2.24) is 4.98 Å². The number of anilines is 1. The Morgan fingerprint density at radius 2 is 2.19 bits per heavy atom. The fourth-order valence-electron chi connectivity index (χ4n) is 1.53. The molecule has 2 rings (SSSR count). The summed E-state index contributed by atoms with van der Waals surface area (Å²) >= 11 is 6.08. The summed E-state index contributed by atoms with van der Waals surface area (Å²) in [4.78, 5) is 4.23. The highest BCUT2D eigenvalue weighted by Gasteiger charge is 2.05. The molecule has 84 valence electrons. The SMILES string of the molecule is C[C@@H](CO)Nc1cc2ccccc2c(Cl)n1. The Hall–Kier alpha value is -1.32. The van der Waals surface area contributed by atoms with Gasteiger partial charge in [-0.25, -0.2) is 4.98 Å². The molecule has 1 aromatic heterocycles. The molecule has 1 atom stereocenters. The van der Waals surface area contributed by atoms with Crippen LogP contribution in [0, 0.1) is 0 Å². The van der Waals surface area contributed by atoms with E-state index in [1.165, 1.54) is 0 Å². The average Bonchev–Trinajstić information content (AvgIpc) is 2.29. The van der Waals surface area contributed by atoms with E-state index in [2.05, 4.69) is 10.3 Å². The third-order valence-electron chi connectivity index (χ3n) is 2.36. The van der Waals surface area contributed by atoms with Crippen LogP contribution < -0.4 is 5.32 Å². The molecule has 0 saturated heterocycles. The number of fused-ring (bicyclic) bond motifs is 1. The zero-order chi connectivity index (χ0) is 11.5. The van der Waals surface area contributed by atoms with Gasteiger partial charge in [-0.2, -0.15) is 0 Å². The van der Waals surface area contributed by atoms with Crippen molar-refractivity contribution >= 4 is 28.2 Å². The van der Waals surface area contributed by atoms with E-state index in [1.54, 1.807) is 0 Å². The van der Waals surface area contributed by atoms with Crippen LogP contribution >= 0.6 is 11.6 Å². The predicted molar refractivity (Wildman–Crippen MR) is 66.9 cm³/mol. The molecule has 0 aliphatic rings. The highest BCUT2D eigenvalue weighted by molar-refractivity contribution is 6.34. The standard InChI is InChI=1S/C12H13ClN2O/c1-8(7-16)14-11-6-9-4-2-3-5-10(9)12(13)15-11/h2-6,8,16H,7H2,1H3,(H,14,15)/t8-/m0/s1. The molecule has 4 heteroatoms. The monoisotopic (exact) mass is 236 g/mol. The van der Waals surface area contributed by atoms with E-state index < -0.39 is 0 Å². The molecule has 0 unspecified atom stereocenters. The summed E-state index contributed by atoms with van der Waals surface area (Å²) in [5, 5.41) is 14.5. The van der Waals surface area contributed by atoms with Crippen molar-refractivity contribution in [2.45, 2.75) is 13.0 Å². The van der Waals surface area contributed by atoms with Gasteiger partial charge in [0, 0.05) is 11.4 Å². The van der Waals surface area contributed by atoms with E-state index in [0.29, 0.717) is 11.0 Å². The average molecular weight is 237 g/mol. The Labute approximate surface area is 99.1 Å². The van der Waals surface area contributed by atoms with Crippen molar-refractivity contribution in [3.63, 3.8) is 0 Å². The Balaban J connectivity index is 2.41. The fraction of sp³-hybridized carbons (Fsp3) is 0.250. The molecule has 16 heavy (non-hydrogen) atoms. The van der Waals surface area contributed by atoms with Crippen LogP contribution in [0.1, 0.15) is 6.92 Å². The minimum atomic E-state index is -0.0373. The lowest BCUT2D eigenvalue weighted by Gasteiger charge is -2.12. The lowest BCUT2D eigenvalue weighted by molar-refractivity contribution is 0.281. The first-order valence-corrected chi connectivity index (χ1v) is 5.51. The maximum Gasteiger partial charge on any atom is 0.139 e. The van der Waals surface area contributed by atoms with Crippen LogP contribution in [-0.4, -0.2) is 22.7 Å². The van der Waals surface area contributed by atoms with Crippen LogP contribution in [0.2, 0.25) is 5.15 Å². The normalized spacial score (nSPS) is 12.7. The quantitative estimate of drug-likeness (QED) is 0.806. The summed E-state index contributed by atoms with van der Waals surface area (Å²) in [7, 11) is 0. The van der Waals surface area contributed by atoms with Gasteiger partial charge in [0.25, 0.3) is 0 Å². The number of nitrogens with zero attached hydrogens (tertiary/aromatic N) is 1. The molecule has 0 saturated carbocycles. The van der Waals surface area contributed by atoms with Crippen molar-refractivity contribution in [3.05, 3.63) is 35.5 Å². The summed E-state index contributed by atoms with van der Waals surface area (Å²) in [5.74, 6) is 0.685. The smallest absolute Gasteiger partial charge is 0.139 e. The van der Waals surface area contributed by atoms with Gasteiger partial charge in [0.1, 0.15) is 11.0 Å². The Morgan fingerprint density at radius 3 is 2.94 bits per heavy atom. The van der Waals surface area contributed by atoms with Gasteiger partial charge in [-0.3, -0.25) is 0 Å². The van der Waals surface area contributed by atoms with E-state index in [9.17, 15) is 0 Å². The highest BCUT2D eigenvalue weighted by atomic mass is 35.5. The Bertz CT molecular complexity index is 501. The van der Waals surface area contributed by atoms with Gasteiger partial charge < -0.3 is 10.4 Å². The van der Waals surface area contributed by atoms with Crippen LogP contribution in [0.25, 0.3) is 10.8 Å². The molecule has 0 aliphatic heterocycles. The van der Waals surface area contributed by atoms with E-state index in [1.807, 2.05) is 37.3 Å². The zero-order valence-corrected chi connectivity index (χ0v) is 9.70. The maximum absolute atomic E-state index is 8.96. The number of hydrogen-bond acceptors (Lipinski definition) is 3. The van der Waals surface area contributed by atoms with E-state index in [0.717, 1.165) is 10.8 Å². The van der Waals surface area contributed by atoms with Crippen LogP contribution in [0.15, 0.2) is 30.3 Å². The van der Waals surface area contributed by atoms with Gasteiger partial charge in [0.05, 0.1) is 6.61 Å². The second-order valence-corrected chi connectivity index (χ2v) is 4.11. The molecule has 0 bridgehead atoms. The first-order chi connectivity index (χ1) is 7.70. The number of aromatic nitrogens is 1. The molecular formula is C12H13ClN2O. The van der Waals surface area contributed by atoms with Crippen molar-refractivity contribution in [3.8, 4) is 0 Å². The summed E-state index contributed by atoms with van der Waals surface area (Å²) in [6, 6.07) is 9.69. The van der Waals surface area contributed by atoms with Crippen LogP contribution in [-0.2, 0) is 0 Å². The Kier molecular flexibility index (Phi) is 3.27. The number of aliphatic hydroxyl groups excluding tert-OH is 1. The van der Waals surface area contributed by atoms with E-state index in [-0.39, 0.29) is 12.6 Å². The molecule has 1 heterocycles. The van der Waals surface area contributed by atoms with Crippen molar-refractivity contribution in [2.24, 2.45) is 0 Å². The fourth-order valence-corrected chi connectivity index (χ4v) is 1.79. The molecule has 0 fully saturated rings. The number of halogens is 1. The van der Waals surface area contributed by atoms with Crippen molar-refractivity contribution in [1.29, 1.82) is 0 Å². The third kappa shape index (κ3) is 2.26. The zero-order valence-electron chi connectivity index (χ0n) is 8.94. The van der Waals surface area contributed by atoms with Gasteiger partial charge in [0.15, 0.2) is 0 Å². The molecule has 0 amide bonds. The summed E-state index contributed by atoms with van der Waals surface area (Å²) in [6.07, 6.45) is 0. The number of benzene rings is 1. The summed E-state index contributed by atoms with van der Waals surface area (Å²) in [5.41, 5.74) is 0. The number of rotatable bonds is 3. The van der Waals surface area contributed by atoms with Gasteiger partial charge in [-0.1, -0.05) is 35.9 Å². The maximum atomic E-state index is 8.96. The number of aliphatic hydroxyl groups is 1. The van der Waals surface area contributed by atoms with E-state index in [4.69, 9.17) is 16.7 Å². The lowest BCUT2D eigenvalue weighted by Crippen LogP contribution is -2.19. The molecule has 1 aromatic carbocycles. The topological polar surface area (TPSA) is 45.1 Å². The van der Waals surface area contributed by atoms with Crippen LogP contribution in [0.3, 0.4) is 0 Å². The minimum absolute atomic E-state index is 0.0373. The number of pyridine rings is 1. The Morgan fingerprint density at radius 1 is 1.44 bits per heavy atom. The second kappa shape index (κ2) is 4.68. The molecule has 0 aliphatic carbocycles. The first kappa shape index (κ1) is 11.2. The molecule has 0 spiro atoms. The molecule has 0 radical (unpaired) electrons. The molecule has 3 nitrogen and oxygen atoms in total. The predicted octanol–water partition coefficient (Wildman–Crippen LogP) is 2.68. The van der Waals surface area contributed by atoms with E-state index >= 15 is 0 Å². The molecule has 2 aromatic rings. The van der Waals surface area contributed by atoms with Gasteiger partial charge in [0.2, 0.25) is 0 Å². The van der Waals surface area contributed by atoms with Crippen molar-refractivity contribution in [2.75, 3.05) is 11.9 Å². The molecule has 2 N–H and O–H groups in total. The second-order valence-electron chi connectivity index (χ2n) is 3.75. The number of nitrogens with one attached hydrogen (secondary N) is 1. The van der Waals surface area contributed by atoms with Gasteiger partial charge in [-0.05, 0) is 18.4 Å². The third-order valence-corrected chi connectivity index (χ3v) is 2.65. The van der Waals surface area contributed by atoms with Crippen LogP contribution in [0.5, 0.6) is 0 Å². The summed E-state index contributed by atoms with van der Waals surface area (Å²) < 4.78 is 0. The number of hydrogen-bond donors (Lipinski definition) is 2. The van der Waals surface area contributed by atoms with Crippen molar-refractivity contribution < 1.29 is 5.11 Å². The highest BCUT2D eigenvalue weighted by Crippen LogP contribution is 2.24. The lowest BCUT2D eigenvalue weighted by atomic mass is 10.2. The van der Waals surface area contributed by atoms with Crippen LogP contribution in [0.4, 0.5) is 5.82 Å². The van der Waals surface area contributed by atoms with Gasteiger partial charge >= 0.3 is 0 Å². The largest absolute Gasteiger partial charge is 0.394 e. The minimum Gasteiger partial charge on any atom is -0.394 e.